The molecule has 0 aliphatic rings. The lowest BCUT2D eigenvalue weighted by Gasteiger charge is -2.20. The van der Waals surface area contributed by atoms with Crippen molar-refractivity contribution in [3.05, 3.63) is 30.3 Å². The minimum Gasteiger partial charge on any atom is -0.493 e. The summed E-state index contributed by atoms with van der Waals surface area (Å²) in [6.45, 7) is 3.92. The molecule has 0 fully saturated rings. The smallest absolute Gasteiger partial charge is 0.326 e. The highest BCUT2D eigenvalue weighted by Gasteiger charge is 2.24. The molecule has 1 rings (SSSR count). The van der Waals surface area contributed by atoms with Gasteiger partial charge in [0.2, 0.25) is 5.91 Å². The highest BCUT2D eigenvalue weighted by atomic mass is 16.5. The van der Waals surface area contributed by atoms with Gasteiger partial charge in [-0.2, -0.15) is 0 Å². The van der Waals surface area contributed by atoms with Gasteiger partial charge in [0.1, 0.15) is 11.8 Å². The summed E-state index contributed by atoms with van der Waals surface area (Å²) in [6.07, 6.45) is 0.826. The highest BCUT2D eigenvalue weighted by molar-refractivity contribution is 5.83. The van der Waals surface area contributed by atoms with Gasteiger partial charge in [-0.25, -0.2) is 4.79 Å². The number of rotatable bonds is 8. The standard InChI is InChI=1S/C15H21NO4/c1-3-11(2)14(15(18)19)16-13(17)9-10-20-12-7-5-4-6-8-12/h4-8,11,14H,3,9-10H2,1-2H3,(H,16,17)(H,18,19)/t11?,14-/m0/s1. The number of para-hydroxylation sites is 1. The zero-order valence-corrected chi connectivity index (χ0v) is 11.8. The van der Waals surface area contributed by atoms with Crippen molar-refractivity contribution < 1.29 is 19.4 Å². The number of carbonyl (C=O) groups excluding carboxylic acids is 1. The summed E-state index contributed by atoms with van der Waals surface area (Å²) in [6, 6.07) is 8.33. The molecule has 0 radical (unpaired) electrons. The van der Waals surface area contributed by atoms with Crippen molar-refractivity contribution in [3.63, 3.8) is 0 Å². The Bertz CT molecular complexity index is 433. The van der Waals surface area contributed by atoms with Gasteiger partial charge in [0.25, 0.3) is 0 Å². The van der Waals surface area contributed by atoms with Gasteiger partial charge in [-0.3, -0.25) is 4.79 Å². The Hall–Kier alpha value is -2.04. The van der Waals surface area contributed by atoms with E-state index in [-0.39, 0.29) is 24.9 Å². The number of hydrogen-bond acceptors (Lipinski definition) is 3. The molecule has 0 saturated carbocycles. The van der Waals surface area contributed by atoms with E-state index in [1.54, 1.807) is 19.1 Å². The number of amides is 1. The van der Waals surface area contributed by atoms with E-state index in [0.29, 0.717) is 12.2 Å². The van der Waals surface area contributed by atoms with Crippen molar-refractivity contribution >= 4 is 11.9 Å². The summed E-state index contributed by atoms with van der Waals surface area (Å²) in [4.78, 5) is 22.8. The molecule has 0 aliphatic heterocycles. The van der Waals surface area contributed by atoms with Crippen LogP contribution in [-0.2, 0) is 9.59 Å². The number of benzene rings is 1. The maximum Gasteiger partial charge on any atom is 0.326 e. The van der Waals surface area contributed by atoms with Crippen LogP contribution in [0.4, 0.5) is 0 Å². The predicted octanol–water partition coefficient (Wildman–Crippen LogP) is 2.07. The van der Waals surface area contributed by atoms with Crippen molar-refractivity contribution in [2.24, 2.45) is 5.92 Å². The molecule has 0 heterocycles. The molecule has 1 unspecified atom stereocenters. The summed E-state index contributed by atoms with van der Waals surface area (Å²) < 4.78 is 5.40. The van der Waals surface area contributed by atoms with E-state index >= 15 is 0 Å². The normalized spacial score (nSPS) is 13.3. The first-order chi connectivity index (χ1) is 9.54. The predicted molar refractivity (Wildman–Crippen MR) is 75.6 cm³/mol. The molecule has 2 N–H and O–H groups in total. The molecule has 110 valence electrons. The summed E-state index contributed by atoms with van der Waals surface area (Å²) in [5, 5.41) is 11.6. The first-order valence-electron chi connectivity index (χ1n) is 6.74. The average Bonchev–Trinajstić information content (AvgIpc) is 2.45. The van der Waals surface area contributed by atoms with E-state index in [0.717, 1.165) is 0 Å². The van der Waals surface area contributed by atoms with E-state index < -0.39 is 12.0 Å². The van der Waals surface area contributed by atoms with E-state index in [9.17, 15) is 9.59 Å². The molecule has 20 heavy (non-hydrogen) atoms. The number of aliphatic carboxylic acids is 1. The lowest BCUT2D eigenvalue weighted by Crippen LogP contribution is -2.45. The molecule has 1 amide bonds. The van der Waals surface area contributed by atoms with Crippen LogP contribution in [0.3, 0.4) is 0 Å². The zero-order chi connectivity index (χ0) is 15.0. The van der Waals surface area contributed by atoms with Crippen LogP contribution in [0, 0.1) is 5.92 Å². The quantitative estimate of drug-likeness (QED) is 0.764. The van der Waals surface area contributed by atoms with Crippen LogP contribution in [0.2, 0.25) is 0 Å². The molecule has 5 nitrogen and oxygen atoms in total. The second kappa shape index (κ2) is 8.19. The Morgan fingerprint density at radius 1 is 1.30 bits per heavy atom. The number of carboxylic acid groups (broad SMARTS) is 1. The Morgan fingerprint density at radius 3 is 2.50 bits per heavy atom. The van der Waals surface area contributed by atoms with Crippen molar-refractivity contribution in [2.45, 2.75) is 32.7 Å². The SMILES string of the molecule is CCC(C)[C@H](NC(=O)CCOc1ccccc1)C(=O)O. The van der Waals surface area contributed by atoms with Gasteiger partial charge >= 0.3 is 5.97 Å². The van der Waals surface area contributed by atoms with E-state index in [2.05, 4.69) is 5.32 Å². The third-order valence-electron chi connectivity index (χ3n) is 3.14. The van der Waals surface area contributed by atoms with Crippen LogP contribution in [0.15, 0.2) is 30.3 Å². The number of hydrogen-bond donors (Lipinski definition) is 2. The average molecular weight is 279 g/mol. The van der Waals surface area contributed by atoms with Crippen LogP contribution in [0.25, 0.3) is 0 Å². The summed E-state index contributed by atoms with van der Waals surface area (Å²) >= 11 is 0. The van der Waals surface area contributed by atoms with E-state index in [1.165, 1.54) is 0 Å². The van der Waals surface area contributed by atoms with Gasteiger partial charge in [0.05, 0.1) is 13.0 Å². The fraction of sp³-hybridized carbons (Fsp3) is 0.467. The van der Waals surface area contributed by atoms with Crippen LogP contribution in [0.5, 0.6) is 5.75 Å². The van der Waals surface area contributed by atoms with Crippen LogP contribution >= 0.6 is 0 Å². The second-order valence-corrected chi connectivity index (χ2v) is 4.68. The molecule has 1 aromatic carbocycles. The molecule has 0 aliphatic carbocycles. The van der Waals surface area contributed by atoms with E-state index in [1.807, 2.05) is 25.1 Å². The monoisotopic (exact) mass is 279 g/mol. The molecule has 0 aromatic heterocycles. The molecule has 0 saturated heterocycles. The van der Waals surface area contributed by atoms with Crippen LogP contribution in [0.1, 0.15) is 26.7 Å². The Balaban J connectivity index is 2.37. The molecular weight excluding hydrogens is 258 g/mol. The van der Waals surface area contributed by atoms with Gasteiger partial charge in [-0.1, -0.05) is 38.5 Å². The van der Waals surface area contributed by atoms with Gasteiger partial charge in [-0.15, -0.1) is 0 Å². The van der Waals surface area contributed by atoms with Gasteiger partial charge < -0.3 is 15.2 Å². The van der Waals surface area contributed by atoms with Gasteiger partial charge in [0.15, 0.2) is 0 Å². The first kappa shape index (κ1) is 16.0. The highest BCUT2D eigenvalue weighted by Crippen LogP contribution is 2.10. The number of nitrogens with one attached hydrogen (secondary N) is 1. The number of ether oxygens (including phenoxy) is 1. The van der Waals surface area contributed by atoms with Crippen LogP contribution < -0.4 is 10.1 Å². The molecular formula is C15H21NO4. The maximum atomic E-state index is 11.7. The third kappa shape index (κ3) is 5.30. The summed E-state index contributed by atoms with van der Waals surface area (Å²) in [7, 11) is 0. The van der Waals surface area contributed by atoms with Gasteiger partial charge in [0, 0.05) is 0 Å². The van der Waals surface area contributed by atoms with Crippen molar-refractivity contribution in [2.75, 3.05) is 6.61 Å². The second-order valence-electron chi connectivity index (χ2n) is 4.68. The lowest BCUT2D eigenvalue weighted by molar-refractivity contribution is -0.143. The molecule has 0 spiro atoms. The Morgan fingerprint density at radius 2 is 1.95 bits per heavy atom. The van der Waals surface area contributed by atoms with E-state index in [4.69, 9.17) is 9.84 Å². The molecule has 1 aromatic rings. The fourth-order valence-electron chi connectivity index (χ4n) is 1.71. The number of carboxylic acids is 1. The topological polar surface area (TPSA) is 75.6 Å². The Kier molecular flexibility index (Phi) is 6.56. The van der Waals surface area contributed by atoms with Crippen molar-refractivity contribution in [1.29, 1.82) is 0 Å². The number of carbonyl (C=O) groups is 2. The largest absolute Gasteiger partial charge is 0.493 e. The molecule has 2 atom stereocenters. The maximum absolute atomic E-state index is 11.7. The fourth-order valence-corrected chi connectivity index (χ4v) is 1.71. The van der Waals surface area contributed by atoms with Gasteiger partial charge in [-0.05, 0) is 18.1 Å². The lowest BCUT2D eigenvalue weighted by atomic mass is 9.99. The minimum absolute atomic E-state index is 0.105. The zero-order valence-electron chi connectivity index (χ0n) is 11.8. The third-order valence-corrected chi connectivity index (χ3v) is 3.14. The summed E-state index contributed by atoms with van der Waals surface area (Å²) in [5.41, 5.74) is 0. The van der Waals surface area contributed by atoms with Crippen molar-refractivity contribution in [3.8, 4) is 5.75 Å². The first-order valence-corrected chi connectivity index (χ1v) is 6.74. The molecule has 5 heteroatoms. The van der Waals surface area contributed by atoms with Crippen LogP contribution in [-0.4, -0.2) is 29.6 Å². The minimum atomic E-state index is -1.00. The summed E-state index contributed by atoms with van der Waals surface area (Å²) in [5.74, 6) is -0.728. The Labute approximate surface area is 118 Å². The molecule has 0 bridgehead atoms. The van der Waals surface area contributed by atoms with Crippen molar-refractivity contribution in [1.82, 2.24) is 5.32 Å².